The van der Waals surface area contributed by atoms with Crippen LogP contribution in [-0.2, 0) is 11.4 Å². The van der Waals surface area contributed by atoms with E-state index in [0.29, 0.717) is 12.0 Å². The number of hydrogen-bond donors (Lipinski definition) is 2. The molecule has 150 valence electrons. The molecule has 0 aliphatic rings. The van der Waals surface area contributed by atoms with Crippen LogP contribution < -0.4 is 15.4 Å². The molecule has 2 N–H and O–H groups in total. The Morgan fingerprint density at radius 2 is 1.76 bits per heavy atom. The Hall–Kier alpha value is -3.54. The maximum absolute atomic E-state index is 12.7. The number of furan rings is 1. The van der Waals surface area contributed by atoms with Crippen LogP contribution in [0.2, 0.25) is 0 Å². The van der Waals surface area contributed by atoms with Crippen molar-refractivity contribution in [1.82, 2.24) is 5.32 Å². The van der Waals surface area contributed by atoms with Crippen LogP contribution in [0.1, 0.15) is 48.0 Å². The molecule has 2 aromatic carbocycles. The Kier molecular flexibility index (Phi) is 6.68. The van der Waals surface area contributed by atoms with Crippen molar-refractivity contribution in [2.45, 2.75) is 32.9 Å². The molecular formula is C23H24N2O4. The fourth-order valence-corrected chi connectivity index (χ4v) is 2.78. The number of hydrogen-bond acceptors (Lipinski definition) is 4. The van der Waals surface area contributed by atoms with Gasteiger partial charge in [0.2, 0.25) is 5.91 Å². The maximum atomic E-state index is 12.7. The molecule has 0 saturated heterocycles. The van der Waals surface area contributed by atoms with E-state index in [1.165, 1.54) is 6.26 Å². The average Bonchev–Trinajstić information content (AvgIpc) is 3.22. The van der Waals surface area contributed by atoms with E-state index in [1.54, 1.807) is 13.0 Å². The van der Waals surface area contributed by atoms with E-state index in [9.17, 15) is 9.59 Å². The Labute approximate surface area is 169 Å². The zero-order chi connectivity index (χ0) is 20.6. The molecule has 3 aromatic rings. The quantitative estimate of drug-likeness (QED) is 0.582. The van der Waals surface area contributed by atoms with Gasteiger partial charge in [0.15, 0.2) is 5.76 Å². The van der Waals surface area contributed by atoms with E-state index in [0.717, 1.165) is 17.0 Å². The molecule has 0 aliphatic carbocycles. The topological polar surface area (TPSA) is 80.6 Å². The summed E-state index contributed by atoms with van der Waals surface area (Å²) in [6, 6.07) is 18.3. The monoisotopic (exact) mass is 392 g/mol. The molecule has 6 nitrogen and oxygen atoms in total. The normalized spacial score (nSPS) is 11.5. The lowest BCUT2D eigenvalue weighted by molar-refractivity contribution is -0.115. The molecule has 6 heteroatoms. The minimum absolute atomic E-state index is 0.0397. The number of rotatable bonds is 8. The molecule has 2 amide bonds. The van der Waals surface area contributed by atoms with Crippen molar-refractivity contribution in [3.8, 4) is 5.75 Å². The number of carbonyl (C=O) groups excluding carboxylic acids is 2. The summed E-state index contributed by atoms with van der Waals surface area (Å²) in [4.78, 5) is 24.1. The van der Waals surface area contributed by atoms with Gasteiger partial charge in [-0.3, -0.25) is 9.59 Å². The van der Waals surface area contributed by atoms with E-state index in [-0.39, 0.29) is 30.2 Å². The van der Waals surface area contributed by atoms with Crippen molar-refractivity contribution in [2.75, 3.05) is 5.32 Å². The Bertz CT molecular complexity index is 949. The summed E-state index contributed by atoms with van der Waals surface area (Å²) in [7, 11) is 0. The number of carbonyl (C=O) groups is 2. The smallest absolute Gasteiger partial charge is 0.287 e. The Balaban J connectivity index is 1.60. The van der Waals surface area contributed by atoms with E-state index in [4.69, 9.17) is 9.15 Å². The molecule has 0 aliphatic heterocycles. The van der Waals surface area contributed by atoms with Crippen LogP contribution in [0, 0.1) is 0 Å². The number of ether oxygens (including phenoxy) is 1. The maximum Gasteiger partial charge on any atom is 0.287 e. The van der Waals surface area contributed by atoms with E-state index in [1.807, 2.05) is 61.5 Å². The van der Waals surface area contributed by atoms with Gasteiger partial charge in [0.05, 0.1) is 12.3 Å². The van der Waals surface area contributed by atoms with Crippen LogP contribution in [0.25, 0.3) is 0 Å². The van der Waals surface area contributed by atoms with Crippen LogP contribution in [-0.4, -0.2) is 11.8 Å². The number of para-hydroxylation sites is 1. The highest BCUT2D eigenvalue weighted by atomic mass is 16.5. The zero-order valence-electron chi connectivity index (χ0n) is 16.5. The Morgan fingerprint density at radius 3 is 2.45 bits per heavy atom. The van der Waals surface area contributed by atoms with Crippen LogP contribution in [0.15, 0.2) is 71.3 Å². The summed E-state index contributed by atoms with van der Waals surface area (Å²) in [6.45, 7) is 3.93. The van der Waals surface area contributed by atoms with Crippen LogP contribution >= 0.6 is 0 Å². The molecule has 1 heterocycles. The SMILES string of the molecule is CCC(=O)Nc1ccc(C(C)NC(=O)c2occc2COc2ccccc2)cc1. The molecule has 3 rings (SSSR count). The van der Waals surface area contributed by atoms with E-state index < -0.39 is 0 Å². The van der Waals surface area contributed by atoms with Crippen molar-refractivity contribution in [1.29, 1.82) is 0 Å². The molecule has 0 radical (unpaired) electrons. The van der Waals surface area contributed by atoms with Gasteiger partial charge in [-0.25, -0.2) is 0 Å². The standard InChI is InChI=1S/C23H24N2O4/c1-3-21(26)25-19-11-9-17(10-12-19)16(2)24-23(27)22-18(13-14-28-22)15-29-20-7-5-4-6-8-20/h4-14,16H,3,15H2,1-2H3,(H,24,27)(H,25,26). The summed E-state index contributed by atoms with van der Waals surface area (Å²) in [5.41, 5.74) is 2.32. The van der Waals surface area contributed by atoms with E-state index >= 15 is 0 Å². The summed E-state index contributed by atoms with van der Waals surface area (Å²) in [5.74, 6) is 0.614. The van der Waals surface area contributed by atoms with Crippen molar-refractivity contribution < 1.29 is 18.7 Å². The lowest BCUT2D eigenvalue weighted by Crippen LogP contribution is -2.27. The molecule has 29 heavy (non-hydrogen) atoms. The minimum Gasteiger partial charge on any atom is -0.489 e. The molecular weight excluding hydrogens is 368 g/mol. The van der Waals surface area contributed by atoms with Gasteiger partial charge in [0, 0.05) is 17.7 Å². The minimum atomic E-state index is -0.308. The fraction of sp³-hybridized carbons (Fsp3) is 0.217. The van der Waals surface area contributed by atoms with Gasteiger partial charge in [-0.1, -0.05) is 37.3 Å². The first kappa shape index (κ1) is 20.2. The van der Waals surface area contributed by atoms with E-state index in [2.05, 4.69) is 10.6 Å². The summed E-state index contributed by atoms with van der Waals surface area (Å²) in [5, 5.41) is 5.73. The molecule has 0 spiro atoms. The average molecular weight is 392 g/mol. The third-order valence-electron chi connectivity index (χ3n) is 4.45. The van der Waals surface area contributed by atoms with Gasteiger partial charge in [-0.2, -0.15) is 0 Å². The van der Waals surface area contributed by atoms with Gasteiger partial charge < -0.3 is 19.8 Å². The van der Waals surface area contributed by atoms with Crippen LogP contribution in [0.5, 0.6) is 5.75 Å². The predicted octanol–water partition coefficient (Wildman–Crippen LogP) is 4.70. The van der Waals surface area contributed by atoms with Crippen molar-refractivity contribution in [3.63, 3.8) is 0 Å². The van der Waals surface area contributed by atoms with Gasteiger partial charge in [0.25, 0.3) is 5.91 Å². The molecule has 1 atom stereocenters. The molecule has 1 unspecified atom stereocenters. The second-order valence-electron chi connectivity index (χ2n) is 6.60. The lowest BCUT2D eigenvalue weighted by atomic mass is 10.1. The first-order valence-electron chi connectivity index (χ1n) is 9.51. The van der Waals surface area contributed by atoms with Gasteiger partial charge in [-0.05, 0) is 42.8 Å². The van der Waals surface area contributed by atoms with Crippen molar-refractivity contribution in [3.05, 3.63) is 83.8 Å². The second kappa shape index (κ2) is 9.59. The number of amides is 2. The largest absolute Gasteiger partial charge is 0.489 e. The van der Waals surface area contributed by atoms with Crippen molar-refractivity contribution in [2.24, 2.45) is 0 Å². The van der Waals surface area contributed by atoms with Crippen molar-refractivity contribution >= 4 is 17.5 Å². The zero-order valence-corrected chi connectivity index (χ0v) is 16.5. The highest BCUT2D eigenvalue weighted by Crippen LogP contribution is 2.19. The fourth-order valence-electron chi connectivity index (χ4n) is 2.78. The highest BCUT2D eigenvalue weighted by molar-refractivity contribution is 5.93. The Morgan fingerprint density at radius 1 is 1.03 bits per heavy atom. The van der Waals surface area contributed by atoms with Crippen LogP contribution in [0.4, 0.5) is 5.69 Å². The molecule has 1 aromatic heterocycles. The first-order valence-corrected chi connectivity index (χ1v) is 9.51. The predicted molar refractivity (Wildman–Crippen MR) is 111 cm³/mol. The molecule has 0 fully saturated rings. The molecule has 0 saturated carbocycles. The summed E-state index contributed by atoms with van der Waals surface area (Å²) < 4.78 is 11.1. The summed E-state index contributed by atoms with van der Waals surface area (Å²) >= 11 is 0. The third kappa shape index (κ3) is 5.48. The molecule has 0 bridgehead atoms. The summed E-state index contributed by atoms with van der Waals surface area (Å²) in [6.07, 6.45) is 1.90. The number of anilines is 1. The van der Waals surface area contributed by atoms with Crippen LogP contribution in [0.3, 0.4) is 0 Å². The first-order chi connectivity index (χ1) is 14.1. The lowest BCUT2D eigenvalue weighted by Gasteiger charge is -2.15. The number of benzene rings is 2. The highest BCUT2D eigenvalue weighted by Gasteiger charge is 2.18. The van der Waals surface area contributed by atoms with Gasteiger partial charge in [0.1, 0.15) is 12.4 Å². The van der Waals surface area contributed by atoms with Gasteiger partial charge in [-0.15, -0.1) is 0 Å². The second-order valence-corrected chi connectivity index (χ2v) is 6.60. The number of nitrogens with one attached hydrogen (secondary N) is 2. The van der Waals surface area contributed by atoms with Gasteiger partial charge >= 0.3 is 0 Å². The third-order valence-corrected chi connectivity index (χ3v) is 4.45.